The van der Waals surface area contributed by atoms with Gasteiger partial charge < -0.3 is 0 Å². The molecule has 3 aromatic rings. The van der Waals surface area contributed by atoms with E-state index in [0.29, 0.717) is 14.5 Å². The number of aliphatic hydroxyl groups is 1. The monoisotopic (exact) mass is 359 g/mol. The molecule has 0 amide bonds. The molecule has 0 saturated heterocycles. The predicted octanol–water partition coefficient (Wildman–Crippen LogP) is 2.86. The first-order valence-corrected chi connectivity index (χ1v) is 9.14. The maximum absolute atomic E-state index is 10.2. The van der Waals surface area contributed by atoms with Crippen LogP contribution in [0.25, 0.3) is 19.3 Å². The molecule has 0 aliphatic rings. The van der Waals surface area contributed by atoms with Crippen molar-refractivity contribution in [3.63, 3.8) is 0 Å². The molecule has 0 spiro atoms. The van der Waals surface area contributed by atoms with Crippen molar-refractivity contribution in [2.45, 2.75) is 38.9 Å². The third-order valence-corrected chi connectivity index (χ3v) is 6.77. The van der Waals surface area contributed by atoms with Gasteiger partial charge in [-0.25, -0.2) is 0 Å². The minimum atomic E-state index is -0.913. The average Bonchev–Trinajstić information content (AvgIpc) is 2.83. The van der Waals surface area contributed by atoms with E-state index in [1.54, 1.807) is 21.3 Å². The van der Waals surface area contributed by atoms with Gasteiger partial charge in [-0.3, -0.25) is 0 Å². The molecule has 0 saturated carbocycles. The van der Waals surface area contributed by atoms with Crippen LogP contribution < -0.4 is 5.46 Å². The van der Waals surface area contributed by atoms with Crippen molar-refractivity contribution in [1.29, 1.82) is 0 Å². The first-order valence-electron chi connectivity index (χ1n) is 7.43. The summed E-state index contributed by atoms with van der Waals surface area (Å²) in [4.78, 5) is 0. The summed E-state index contributed by atoms with van der Waals surface area (Å²) in [7, 11) is 1.80. The SMILES string of the molecule is CC(C)(O)C(C)(C)O[B]c1cccc2[se]c3ccccc3c12. The zero-order valence-electron chi connectivity index (χ0n) is 13.4. The van der Waals surface area contributed by atoms with Gasteiger partial charge in [-0.2, -0.15) is 0 Å². The van der Waals surface area contributed by atoms with Crippen molar-refractivity contribution >= 4 is 46.7 Å². The van der Waals surface area contributed by atoms with Gasteiger partial charge in [0.05, 0.1) is 0 Å². The van der Waals surface area contributed by atoms with E-state index in [4.69, 9.17) is 4.65 Å². The zero-order chi connectivity index (χ0) is 16.0. The molecule has 2 aromatic carbocycles. The summed E-state index contributed by atoms with van der Waals surface area (Å²) in [5, 5.41) is 12.8. The molecule has 1 N–H and O–H groups in total. The fourth-order valence-electron chi connectivity index (χ4n) is 2.26. The molecule has 113 valence electrons. The molecule has 2 nitrogen and oxygen atoms in total. The van der Waals surface area contributed by atoms with Crippen LogP contribution in [0.5, 0.6) is 0 Å². The van der Waals surface area contributed by atoms with E-state index in [9.17, 15) is 5.11 Å². The average molecular weight is 358 g/mol. The summed E-state index contributed by atoms with van der Waals surface area (Å²) in [6.07, 6.45) is 0. The molecular weight excluding hydrogens is 338 g/mol. The second kappa shape index (κ2) is 5.54. The van der Waals surface area contributed by atoms with Gasteiger partial charge in [0.1, 0.15) is 0 Å². The van der Waals surface area contributed by atoms with Crippen LogP contribution in [0.3, 0.4) is 0 Å². The Balaban J connectivity index is 2.01. The van der Waals surface area contributed by atoms with Gasteiger partial charge in [0.25, 0.3) is 0 Å². The normalized spacial score (nSPS) is 13.0. The molecule has 0 bridgehead atoms. The Morgan fingerprint density at radius 3 is 2.36 bits per heavy atom. The first-order chi connectivity index (χ1) is 10.3. The second-order valence-corrected chi connectivity index (χ2v) is 8.90. The molecule has 1 heterocycles. The quantitative estimate of drug-likeness (QED) is 0.727. The summed E-state index contributed by atoms with van der Waals surface area (Å²) < 4.78 is 8.77. The Labute approximate surface area is 138 Å². The van der Waals surface area contributed by atoms with Crippen molar-refractivity contribution in [2.75, 3.05) is 0 Å². The van der Waals surface area contributed by atoms with Crippen LogP contribution in [0.4, 0.5) is 0 Å². The van der Waals surface area contributed by atoms with Crippen LogP contribution in [0, 0.1) is 0 Å². The fourth-order valence-corrected chi connectivity index (χ4v) is 4.65. The Bertz CT molecular complexity index is 815. The zero-order valence-corrected chi connectivity index (χ0v) is 15.1. The van der Waals surface area contributed by atoms with Crippen LogP contribution in [0.2, 0.25) is 0 Å². The van der Waals surface area contributed by atoms with Crippen LogP contribution in [-0.2, 0) is 4.65 Å². The minimum absolute atomic E-state index is 0.363. The number of hydrogen-bond donors (Lipinski definition) is 1. The number of benzene rings is 2. The van der Waals surface area contributed by atoms with Gasteiger partial charge >= 0.3 is 138 Å². The van der Waals surface area contributed by atoms with Gasteiger partial charge in [0, 0.05) is 0 Å². The van der Waals surface area contributed by atoms with Crippen molar-refractivity contribution < 1.29 is 9.76 Å². The van der Waals surface area contributed by atoms with Crippen molar-refractivity contribution in [3.05, 3.63) is 42.5 Å². The van der Waals surface area contributed by atoms with Crippen LogP contribution in [0.1, 0.15) is 27.7 Å². The van der Waals surface area contributed by atoms with E-state index < -0.39 is 11.2 Å². The predicted molar refractivity (Wildman–Crippen MR) is 95.2 cm³/mol. The Kier molecular flexibility index (Phi) is 3.99. The molecule has 0 aliphatic heterocycles. The molecule has 22 heavy (non-hydrogen) atoms. The summed E-state index contributed by atoms with van der Waals surface area (Å²) in [5.41, 5.74) is -0.482. The summed E-state index contributed by atoms with van der Waals surface area (Å²) >= 11 is 0.363. The fraction of sp³-hybridized carbons (Fsp3) is 0.333. The number of fused-ring (bicyclic) bond motifs is 3. The standard InChI is InChI=1S/C18H20BO2Se/c1-17(2,20)18(3,4)21-19-13-9-7-11-15-16(13)12-8-5-6-10-14(12)22-15/h5-11,20H,1-4H3. The van der Waals surface area contributed by atoms with Gasteiger partial charge in [0.2, 0.25) is 0 Å². The van der Waals surface area contributed by atoms with Crippen molar-refractivity contribution in [3.8, 4) is 0 Å². The van der Waals surface area contributed by atoms with E-state index in [-0.39, 0.29) is 0 Å². The third-order valence-electron chi connectivity index (χ3n) is 4.39. The first kappa shape index (κ1) is 15.8. The van der Waals surface area contributed by atoms with E-state index in [2.05, 4.69) is 42.5 Å². The summed E-state index contributed by atoms with van der Waals surface area (Å²) in [6.45, 7) is 7.36. The topological polar surface area (TPSA) is 29.5 Å². The van der Waals surface area contributed by atoms with Crippen molar-refractivity contribution in [2.24, 2.45) is 0 Å². The van der Waals surface area contributed by atoms with Gasteiger partial charge in [-0.15, -0.1) is 0 Å². The van der Waals surface area contributed by atoms with Crippen LogP contribution >= 0.6 is 0 Å². The molecule has 0 fully saturated rings. The Morgan fingerprint density at radius 2 is 1.64 bits per heavy atom. The maximum atomic E-state index is 10.2. The van der Waals surface area contributed by atoms with E-state index in [1.807, 2.05) is 13.8 Å². The van der Waals surface area contributed by atoms with Crippen LogP contribution in [-0.4, -0.2) is 38.3 Å². The summed E-state index contributed by atoms with van der Waals surface area (Å²) in [6, 6.07) is 14.9. The van der Waals surface area contributed by atoms with E-state index >= 15 is 0 Å². The van der Waals surface area contributed by atoms with Crippen LogP contribution in [0.15, 0.2) is 42.5 Å². The Morgan fingerprint density at radius 1 is 0.955 bits per heavy atom. The molecular formula is C18H20BO2Se. The molecule has 1 radical (unpaired) electrons. The number of rotatable bonds is 4. The Hall–Kier alpha value is -1.06. The van der Waals surface area contributed by atoms with Gasteiger partial charge in [-0.05, 0) is 0 Å². The van der Waals surface area contributed by atoms with E-state index in [0.717, 1.165) is 5.46 Å². The molecule has 0 atom stereocenters. The number of hydrogen-bond acceptors (Lipinski definition) is 2. The van der Waals surface area contributed by atoms with Crippen molar-refractivity contribution in [1.82, 2.24) is 0 Å². The van der Waals surface area contributed by atoms with Gasteiger partial charge in [0.15, 0.2) is 0 Å². The second-order valence-electron chi connectivity index (χ2n) is 6.62. The summed E-state index contributed by atoms with van der Waals surface area (Å²) in [5.74, 6) is 0. The molecule has 0 unspecified atom stereocenters. The molecule has 3 rings (SSSR count). The van der Waals surface area contributed by atoms with Gasteiger partial charge in [-0.1, -0.05) is 0 Å². The molecule has 0 aliphatic carbocycles. The third kappa shape index (κ3) is 2.77. The van der Waals surface area contributed by atoms with E-state index in [1.165, 1.54) is 19.3 Å². The molecule has 4 heteroatoms. The molecule has 1 aromatic heterocycles.